The van der Waals surface area contributed by atoms with Crippen molar-refractivity contribution in [3.63, 3.8) is 0 Å². The van der Waals surface area contributed by atoms with Gasteiger partial charge in [0.05, 0.1) is 4.90 Å². The van der Waals surface area contributed by atoms with Crippen LogP contribution in [0.15, 0.2) is 29.2 Å². The van der Waals surface area contributed by atoms with Gasteiger partial charge in [-0.05, 0) is 31.9 Å². The molecule has 0 atom stereocenters. The van der Waals surface area contributed by atoms with E-state index in [1.54, 1.807) is 13.8 Å². The first-order valence-corrected chi connectivity index (χ1v) is 8.05. The summed E-state index contributed by atoms with van der Waals surface area (Å²) in [6.45, 7) is 4.60. The minimum atomic E-state index is -3.97. The summed E-state index contributed by atoms with van der Waals surface area (Å²) in [6, 6.07) is 5.38. The number of benzene rings is 1. The van der Waals surface area contributed by atoms with Crippen molar-refractivity contribution in [1.29, 1.82) is 0 Å². The Morgan fingerprint density at radius 2 is 1.62 bits per heavy atom. The smallest absolute Gasteiger partial charge is 0.324 e. The monoisotopic (exact) mass is 313 g/mol. The summed E-state index contributed by atoms with van der Waals surface area (Å²) in [5.41, 5.74) is -1.14. The lowest BCUT2D eigenvalue weighted by atomic mass is 9.95. The van der Waals surface area contributed by atoms with Crippen LogP contribution in [0.25, 0.3) is 0 Å². The molecular formula is C14H19NO5S. The molecule has 0 fully saturated rings. The zero-order valence-electron chi connectivity index (χ0n) is 12.2. The van der Waals surface area contributed by atoms with Crippen LogP contribution in [0, 0.1) is 0 Å². The van der Waals surface area contributed by atoms with Gasteiger partial charge in [0.1, 0.15) is 5.54 Å². The van der Waals surface area contributed by atoms with Gasteiger partial charge in [-0.15, -0.1) is 0 Å². The highest BCUT2D eigenvalue weighted by molar-refractivity contribution is 7.89. The zero-order chi connectivity index (χ0) is 16.3. The second-order valence-corrected chi connectivity index (χ2v) is 6.46. The molecule has 1 rings (SSSR count). The van der Waals surface area contributed by atoms with Crippen LogP contribution in [0.1, 0.15) is 44.0 Å². The highest BCUT2D eigenvalue weighted by Gasteiger charge is 2.39. The Labute approximate surface area is 124 Å². The number of ketones is 1. The van der Waals surface area contributed by atoms with E-state index in [9.17, 15) is 23.1 Å². The lowest BCUT2D eigenvalue weighted by molar-refractivity contribution is -0.144. The second kappa shape index (κ2) is 6.36. The van der Waals surface area contributed by atoms with E-state index < -0.39 is 21.5 Å². The molecule has 0 saturated heterocycles. The highest BCUT2D eigenvalue weighted by atomic mass is 32.2. The average Bonchev–Trinajstić information content (AvgIpc) is 2.44. The van der Waals surface area contributed by atoms with Crippen LogP contribution in [0.4, 0.5) is 0 Å². The van der Waals surface area contributed by atoms with Crippen molar-refractivity contribution in [3.8, 4) is 0 Å². The summed E-state index contributed by atoms with van der Waals surface area (Å²) >= 11 is 0. The standard InChI is InChI=1S/C14H19NO5S/c1-4-14(5-2,13(17)18)15-21(19,20)12-8-6-11(7-9-12)10(3)16/h6-9,15H,4-5H2,1-3H3,(H,17,18). The number of rotatable bonds is 7. The maximum absolute atomic E-state index is 12.3. The van der Waals surface area contributed by atoms with Crippen molar-refractivity contribution < 1.29 is 23.1 Å². The zero-order valence-corrected chi connectivity index (χ0v) is 13.0. The molecule has 0 aliphatic heterocycles. The van der Waals surface area contributed by atoms with E-state index in [-0.39, 0.29) is 23.5 Å². The Balaban J connectivity index is 3.16. The number of nitrogens with one attached hydrogen (secondary N) is 1. The number of hydrogen-bond acceptors (Lipinski definition) is 4. The minimum absolute atomic E-state index is 0.0694. The fourth-order valence-electron chi connectivity index (χ4n) is 1.93. The number of carbonyl (C=O) groups is 2. The molecule has 0 amide bonds. The lowest BCUT2D eigenvalue weighted by Crippen LogP contribution is -2.53. The van der Waals surface area contributed by atoms with Crippen molar-refractivity contribution in [1.82, 2.24) is 4.72 Å². The first kappa shape index (κ1) is 17.3. The Morgan fingerprint density at radius 1 is 1.14 bits per heavy atom. The third kappa shape index (κ3) is 3.68. The third-order valence-electron chi connectivity index (χ3n) is 3.52. The van der Waals surface area contributed by atoms with E-state index in [2.05, 4.69) is 4.72 Å². The Hall–Kier alpha value is -1.73. The van der Waals surface area contributed by atoms with Crippen LogP contribution >= 0.6 is 0 Å². The maximum atomic E-state index is 12.3. The van der Waals surface area contributed by atoms with Gasteiger partial charge in [0.15, 0.2) is 5.78 Å². The highest BCUT2D eigenvalue weighted by Crippen LogP contribution is 2.20. The summed E-state index contributed by atoms with van der Waals surface area (Å²) in [6.07, 6.45) is 0.257. The molecule has 0 radical (unpaired) electrons. The van der Waals surface area contributed by atoms with E-state index in [4.69, 9.17) is 0 Å². The van der Waals surface area contributed by atoms with E-state index in [0.717, 1.165) is 0 Å². The van der Waals surface area contributed by atoms with Crippen LogP contribution in [0.2, 0.25) is 0 Å². The van der Waals surface area contributed by atoms with E-state index >= 15 is 0 Å². The van der Waals surface area contributed by atoms with Crippen molar-refractivity contribution >= 4 is 21.8 Å². The third-order valence-corrected chi connectivity index (χ3v) is 5.07. The summed E-state index contributed by atoms with van der Waals surface area (Å²) in [4.78, 5) is 22.5. The van der Waals surface area contributed by atoms with Crippen LogP contribution in [0.3, 0.4) is 0 Å². The Bertz CT molecular complexity index is 630. The number of Topliss-reactive ketones (excluding diaryl/α,β-unsaturated/α-hetero) is 1. The fraction of sp³-hybridized carbons (Fsp3) is 0.429. The molecule has 6 nitrogen and oxygen atoms in total. The number of hydrogen-bond donors (Lipinski definition) is 2. The summed E-state index contributed by atoms with van der Waals surface area (Å²) in [7, 11) is -3.97. The average molecular weight is 313 g/mol. The number of sulfonamides is 1. The first-order chi connectivity index (χ1) is 9.68. The predicted molar refractivity (Wildman–Crippen MR) is 77.7 cm³/mol. The summed E-state index contributed by atoms with van der Waals surface area (Å²) in [5, 5.41) is 9.28. The van der Waals surface area contributed by atoms with Gasteiger partial charge in [-0.3, -0.25) is 9.59 Å². The molecule has 0 heterocycles. The number of aliphatic carboxylic acids is 1. The molecule has 0 spiro atoms. The molecule has 7 heteroatoms. The summed E-state index contributed by atoms with van der Waals surface area (Å²) < 4.78 is 26.8. The molecule has 0 aliphatic rings. The van der Waals surface area contributed by atoms with Gasteiger partial charge in [-0.1, -0.05) is 26.0 Å². The molecule has 1 aromatic carbocycles. The molecule has 1 aromatic rings. The topological polar surface area (TPSA) is 101 Å². The van der Waals surface area contributed by atoms with E-state index in [1.807, 2.05) is 0 Å². The molecule has 2 N–H and O–H groups in total. The molecule has 0 aliphatic carbocycles. The fourth-order valence-corrected chi connectivity index (χ4v) is 3.43. The predicted octanol–water partition coefficient (Wildman–Crippen LogP) is 1.81. The van der Waals surface area contributed by atoms with Crippen molar-refractivity contribution in [2.45, 2.75) is 44.0 Å². The van der Waals surface area contributed by atoms with Gasteiger partial charge >= 0.3 is 5.97 Å². The Morgan fingerprint density at radius 3 is 1.95 bits per heavy atom. The Kier molecular flexibility index (Phi) is 5.25. The lowest BCUT2D eigenvalue weighted by Gasteiger charge is -2.27. The van der Waals surface area contributed by atoms with Crippen LogP contribution in [0.5, 0.6) is 0 Å². The quantitative estimate of drug-likeness (QED) is 0.748. The number of carboxylic acid groups (broad SMARTS) is 1. The molecule has 0 aromatic heterocycles. The van der Waals surface area contributed by atoms with E-state index in [0.29, 0.717) is 5.56 Å². The van der Waals surface area contributed by atoms with Gasteiger partial charge in [0.25, 0.3) is 0 Å². The minimum Gasteiger partial charge on any atom is -0.480 e. The van der Waals surface area contributed by atoms with Gasteiger partial charge in [-0.25, -0.2) is 8.42 Å². The van der Waals surface area contributed by atoms with E-state index in [1.165, 1.54) is 31.2 Å². The van der Waals surface area contributed by atoms with Gasteiger partial charge in [-0.2, -0.15) is 4.72 Å². The van der Waals surface area contributed by atoms with Gasteiger partial charge in [0.2, 0.25) is 10.0 Å². The maximum Gasteiger partial charge on any atom is 0.324 e. The van der Waals surface area contributed by atoms with Crippen molar-refractivity contribution in [2.24, 2.45) is 0 Å². The van der Waals surface area contributed by atoms with Crippen LogP contribution in [-0.2, 0) is 14.8 Å². The molecule has 0 bridgehead atoms. The molecule has 116 valence electrons. The normalized spacial score (nSPS) is 12.1. The van der Waals surface area contributed by atoms with Crippen molar-refractivity contribution in [3.05, 3.63) is 29.8 Å². The molecule has 0 saturated carbocycles. The largest absolute Gasteiger partial charge is 0.480 e. The molecule has 21 heavy (non-hydrogen) atoms. The van der Waals surface area contributed by atoms with Crippen LogP contribution < -0.4 is 4.72 Å². The van der Waals surface area contributed by atoms with Gasteiger partial charge < -0.3 is 5.11 Å². The number of carboxylic acids is 1. The van der Waals surface area contributed by atoms with Gasteiger partial charge in [0, 0.05) is 5.56 Å². The molecular weight excluding hydrogens is 294 g/mol. The summed E-state index contributed by atoms with van der Waals surface area (Å²) in [5.74, 6) is -1.38. The second-order valence-electron chi connectivity index (χ2n) is 4.78. The number of carbonyl (C=O) groups excluding carboxylic acids is 1. The van der Waals surface area contributed by atoms with Crippen molar-refractivity contribution in [2.75, 3.05) is 0 Å². The first-order valence-electron chi connectivity index (χ1n) is 6.57. The SMILES string of the molecule is CCC(CC)(NS(=O)(=O)c1ccc(C(C)=O)cc1)C(=O)O. The molecule has 0 unspecified atom stereocenters. The van der Waals surface area contributed by atoms with Crippen LogP contribution in [-0.4, -0.2) is 30.8 Å².